The third-order valence-corrected chi connectivity index (χ3v) is 6.20. The van der Waals surface area contributed by atoms with Gasteiger partial charge in [-0.2, -0.15) is 0 Å². The second-order valence-electron chi connectivity index (χ2n) is 7.59. The van der Waals surface area contributed by atoms with Crippen LogP contribution in [0.3, 0.4) is 0 Å². The Labute approximate surface area is 183 Å². The molecule has 1 unspecified atom stereocenters. The molecule has 0 aliphatic rings. The number of hydrogen-bond acceptors (Lipinski definition) is 5. The maximum Gasteiger partial charge on any atom is 0.271 e. The van der Waals surface area contributed by atoms with Crippen molar-refractivity contribution in [2.75, 3.05) is 17.1 Å². The standard InChI is InChI=1S/C22H29N3O5S/c1-5-20(22(26)23-14-6-7-18-11-8-16(2)9-12-18)24(31(4,29)30)21-15-19(25(27)28)13-10-17(21)3/h8-13,15,20H,5-7,14H2,1-4H3,(H,23,26). The van der Waals surface area contributed by atoms with Crippen LogP contribution in [0.15, 0.2) is 42.5 Å². The van der Waals surface area contributed by atoms with Gasteiger partial charge in [0.25, 0.3) is 5.69 Å². The van der Waals surface area contributed by atoms with E-state index in [9.17, 15) is 23.3 Å². The van der Waals surface area contributed by atoms with Gasteiger partial charge in [-0.3, -0.25) is 19.2 Å². The number of nitro benzene ring substituents is 1. The molecule has 1 atom stereocenters. The zero-order chi connectivity index (χ0) is 23.2. The SMILES string of the molecule is CCC(C(=O)NCCCc1ccc(C)cc1)N(c1cc([N+](=O)[O-])ccc1C)S(C)(=O)=O. The van der Waals surface area contributed by atoms with Gasteiger partial charge in [0, 0.05) is 18.7 Å². The molecule has 0 fully saturated rings. The lowest BCUT2D eigenvalue weighted by Gasteiger charge is -2.31. The molecule has 1 N–H and O–H groups in total. The maximum atomic E-state index is 12.9. The average Bonchev–Trinajstić information content (AvgIpc) is 2.70. The Balaban J connectivity index is 2.17. The average molecular weight is 448 g/mol. The van der Waals surface area contributed by atoms with E-state index in [0.717, 1.165) is 22.5 Å². The first-order valence-electron chi connectivity index (χ1n) is 10.1. The van der Waals surface area contributed by atoms with E-state index in [1.807, 2.05) is 31.2 Å². The first-order valence-corrected chi connectivity index (χ1v) is 12.0. The molecule has 0 heterocycles. The van der Waals surface area contributed by atoms with E-state index in [-0.39, 0.29) is 17.8 Å². The fourth-order valence-electron chi connectivity index (χ4n) is 3.36. The number of hydrogen-bond donors (Lipinski definition) is 1. The summed E-state index contributed by atoms with van der Waals surface area (Å²) in [6.45, 7) is 5.78. The number of aryl methyl sites for hydroxylation is 3. The first kappa shape index (κ1) is 24.3. The molecular weight excluding hydrogens is 418 g/mol. The molecule has 31 heavy (non-hydrogen) atoms. The number of carbonyl (C=O) groups is 1. The number of nitrogens with zero attached hydrogens (tertiary/aromatic N) is 2. The molecule has 9 heteroatoms. The molecule has 0 aliphatic heterocycles. The summed E-state index contributed by atoms with van der Waals surface area (Å²) in [5, 5.41) is 14.0. The Morgan fingerprint density at radius 3 is 2.35 bits per heavy atom. The normalized spacial score (nSPS) is 12.3. The summed E-state index contributed by atoms with van der Waals surface area (Å²) in [6, 6.07) is 11.1. The molecule has 1 amide bonds. The van der Waals surface area contributed by atoms with Gasteiger partial charge < -0.3 is 5.32 Å². The summed E-state index contributed by atoms with van der Waals surface area (Å²) in [5.74, 6) is -0.428. The van der Waals surface area contributed by atoms with Crippen molar-refractivity contribution in [3.63, 3.8) is 0 Å². The van der Waals surface area contributed by atoms with E-state index in [2.05, 4.69) is 5.32 Å². The molecule has 2 rings (SSSR count). The fraction of sp³-hybridized carbons (Fsp3) is 0.409. The number of sulfonamides is 1. The van der Waals surface area contributed by atoms with Gasteiger partial charge in [0.15, 0.2) is 0 Å². The zero-order valence-corrected chi connectivity index (χ0v) is 19.1. The largest absolute Gasteiger partial charge is 0.354 e. The smallest absolute Gasteiger partial charge is 0.271 e. The number of rotatable bonds is 10. The van der Waals surface area contributed by atoms with E-state index in [0.29, 0.717) is 18.5 Å². The van der Waals surface area contributed by atoms with Gasteiger partial charge in [0.1, 0.15) is 6.04 Å². The Morgan fingerprint density at radius 2 is 1.81 bits per heavy atom. The van der Waals surface area contributed by atoms with Crippen molar-refractivity contribution >= 4 is 27.3 Å². The molecular formula is C22H29N3O5S. The topological polar surface area (TPSA) is 110 Å². The molecule has 0 radical (unpaired) electrons. The van der Waals surface area contributed by atoms with Crippen LogP contribution >= 0.6 is 0 Å². The van der Waals surface area contributed by atoms with Crippen molar-refractivity contribution in [2.24, 2.45) is 0 Å². The van der Waals surface area contributed by atoms with Gasteiger partial charge in [-0.15, -0.1) is 0 Å². The molecule has 8 nitrogen and oxygen atoms in total. The number of anilines is 1. The summed E-state index contributed by atoms with van der Waals surface area (Å²) in [7, 11) is -3.87. The maximum absolute atomic E-state index is 12.9. The lowest BCUT2D eigenvalue weighted by Crippen LogP contribution is -2.49. The van der Waals surface area contributed by atoms with Crippen LogP contribution < -0.4 is 9.62 Å². The Hall–Kier alpha value is -2.94. The van der Waals surface area contributed by atoms with Gasteiger partial charge >= 0.3 is 0 Å². The Bertz CT molecular complexity index is 1040. The van der Waals surface area contributed by atoms with E-state index in [4.69, 9.17) is 0 Å². The predicted molar refractivity (Wildman–Crippen MR) is 122 cm³/mol. The second-order valence-corrected chi connectivity index (χ2v) is 9.45. The third-order valence-electron chi connectivity index (χ3n) is 5.03. The van der Waals surface area contributed by atoms with Crippen molar-refractivity contribution in [3.8, 4) is 0 Å². The van der Waals surface area contributed by atoms with Crippen molar-refractivity contribution < 1.29 is 18.1 Å². The zero-order valence-electron chi connectivity index (χ0n) is 18.3. The van der Waals surface area contributed by atoms with Gasteiger partial charge in [-0.05, 0) is 44.2 Å². The third kappa shape index (κ3) is 6.52. The van der Waals surface area contributed by atoms with Crippen LogP contribution in [-0.4, -0.2) is 38.1 Å². The van der Waals surface area contributed by atoms with Crippen molar-refractivity contribution in [1.82, 2.24) is 5.32 Å². The molecule has 168 valence electrons. The highest BCUT2D eigenvalue weighted by molar-refractivity contribution is 7.92. The number of carbonyl (C=O) groups excluding carboxylic acids is 1. The van der Waals surface area contributed by atoms with Crippen LogP contribution in [0, 0.1) is 24.0 Å². The molecule has 0 saturated heterocycles. The summed E-state index contributed by atoms with van der Waals surface area (Å²) >= 11 is 0. The van der Waals surface area contributed by atoms with Crippen molar-refractivity contribution in [3.05, 3.63) is 69.3 Å². The van der Waals surface area contributed by atoms with Crippen LogP contribution in [0.4, 0.5) is 11.4 Å². The number of nitro groups is 1. The predicted octanol–water partition coefficient (Wildman–Crippen LogP) is 3.51. The fourth-order valence-corrected chi connectivity index (χ4v) is 4.62. The number of nitrogens with one attached hydrogen (secondary N) is 1. The summed E-state index contributed by atoms with van der Waals surface area (Å²) in [4.78, 5) is 23.5. The Morgan fingerprint density at radius 1 is 1.16 bits per heavy atom. The summed E-state index contributed by atoms with van der Waals surface area (Å²) < 4.78 is 26.2. The van der Waals surface area contributed by atoms with Crippen molar-refractivity contribution in [1.29, 1.82) is 0 Å². The number of benzene rings is 2. The van der Waals surface area contributed by atoms with Crippen molar-refractivity contribution in [2.45, 2.75) is 46.1 Å². The van der Waals surface area contributed by atoms with E-state index < -0.39 is 26.9 Å². The summed E-state index contributed by atoms with van der Waals surface area (Å²) in [6.07, 6.45) is 2.72. The minimum Gasteiger partial charge on any atom is -0.354 e. The minimum absolute atomic E-state index is 0.137. The molecule has 0 bridgehead atoms. The van der Waals surface area contributed by atoms with E-state index in [1.54, 1.807) is 13.8 Å². The first-order chi connectivity index (χ1) is 14.5. The highest BCUT2D eigenvalue weighted by Gasteiger charge is 2.33. The van der Waals surface area contributed by atoms with Gasteiger partial charge in [-0.1, -0.05) is 42.8 Å². The Kier molecular flexibility index (Phi) is 8.15. The van der Waals surface area contributed by atoms with E-state index >= 15 is 0 Å². The van der Waals surface area contributed by atoms with Gasteiger partial charge in [0.2, 0.25) is 15.9 Å². The second kappa shape index (κ2) is 10.4. The minimum atomic E-state index is -3.87. The van der Waals surface area contributed by atoms with Crippen LogP contribution in [-0.2, 0) is 21.2 Å². The van der Waals surface area contributed by atoms with Crippen LogP contribution in [0.1, 0.15) is 36.5 Å². The summed E-state index contributed by atoms with van der Waals surface area (Å²) in [5.41, 5.74) is 2.78. The quantitative estimate of drug-likeness (QED) is 0.340. The monoisotopic (exact) mass is 447 g/mol. The van der Waals surface area contributed by atoms with Crippen LogP contribution in [0.2, 0.25) is 0 Å². The molecule has 2 aromatic rings. The number of non-ortho nitro benzene ring substituents is 1. The molecule has 0 aliphatic carbocycles. The molecule has 0 spiro atoms. The van der Waals surface area contributed by atoms with Crippen LogP contribution in [0.5, 0.6) is 0 Å². The molecule has 0 saturated carbocycles. The van der Waals surface area contributed by atoms with Gasteiger partial charge in [-0.25, -0.2) is 8.42 Å². The number of amides is 1. The highest BCUT2D eigenvalue weighted by atomic mass is 32.2. The lowest BCUT2D eigenvalue weighted by molar-refractivity contribution is -0.384. The molecule has 2 aromatic carbocycles. The van der Waals surface area contributed by atoms with Crippen LogP contribution in [0.25, 0.3) is 0 Å². The molecule has 0 aromatic heterocycles. The van der Waals surface area contributed by atoms with Gasteiger partial charge in [0.05, 0.1) is 16.9 Å². The lowest BCUT2D eigenvalue weighted by atomic mass is 10.1. The van der Waals surface area contributed by atoms with E-state index in [1.165, 1.54) is 23.8 Å². The highest BCUT2D eigenvalue weighted by Crippen LogP contribution is 2.30.